The largest absolute Gasteiger partial charge is 0.265 e. The fraction of sp³-hybridized carbons (Fsp3) is 0. The number of halogens is 1. The average molecular weight is 242 g/mol. The Kier molecular flexibility index (Phi) is 2.46. The summed E-state index contributed by atoms with van der Waals surface area (Å²) in [6, 6.07) is 9.84. The first-order chi connectivity index (χ1) is 8.33. The molecule has 1 aromatic carbocycles. The predicted octanol–water partition coefficient (Wildman–Crippen LogP) is 3.35. The molecule has 0 spiro atoms. The Hall–Kier alpha value is -2.00. The van der Waals surface area contributed by atoms with Crippen LogP contribution < -0.4 is 0 Å². The van der Waals surface area contributed by atoms with Gasteiger partial charge in [0.2, 0.25) is 0 Å². The molecule has 17 heavy (non-hydrogen) atoms. The SMILES string of the molecule is Clc1cnc2cc(-c3ccncc3)ccc2n1. The van der Waals surface area contributed by atoms with E-state index < -0.39 is 0 Å². The first kappa shape index (κ1) is 10.2. The highest BCUT2D eigenvalue weighted by Gasteiger charge is 2.01. The van der Waals surface area contributed by atoms with Crippen molar-refractivity contribution < 1.29 is 0 Å². The molecule has 2 heterocycles. The number of benzene rings is 1. The summed E-state index contributed by atoms with van der Waals surface area (Å²) in [5.74, 6) is 0. The van der Waals surface area contributed by atoms with Gasteiger partial charge in [0.05, 0.1) is 17.2 Å². The van der Waals surface area contributed by atoms with Gasteiger partial charge in [-0.3, -0.25) is 9.97 Å². The van der Waals surface area contributed by atoms with Gasteiger partial charge in [-0.25, -0.2) is 4.98 Å². The Balaban J connectivity index is 2.17. The number of hydrogen-bond donors (Lipinski definition) is 0. The zero-order chi connectivity index (χ0) is 11.7. The summed E-state index contributed by atoms with van der Waals surface area (Å²) >= 11 is 5.79. The highest BCUT2D eigenvalue weighted by Crippen LogP contribution is 2.22. The van der Waals surface area contributed by atoms with Gasteiger partial charge in [-0.2, -0.15) is 0 Å². The predicted molar refractivity (Wildman–Crippen MR) is 67.8 cm³/mol. The Bertz CT molecular complexity index is 668. The molecule has 0 fully saturated rings. The fourth-order valence-corrected chi connectivity index (χ4v) is 1.85. The fourth-order valence-electron chi connectivity index (χ4n) is 1.71. The Morgan fingerprint density at radius 2 is 1.71 bits per heavy atom. The van der Waals surface area contributed by atoms with Crippen LogP contribution in [0.15, 0.2) is 48.9 Å². The maximum atomic E-state index is 5.79. The molecule has 3 rings (SSSR count). The highest BCUT2D eigenvalue weighted by molar-refractivity contribution is 6.29. The van der Waals surface area contributed by atoms with Gasteiger partial charge in [0, 0.05) is 12.4 Å². The van der Waals surface area contributed by atoms with E-state index in [1.165, 1.54) is 0 Å². The first-order valence-electron chi connectivity index (χ1n) is 5.16. The monoisotopic (exact) mass is 241 g/mol. The van der Waals surface area contributed by atoms with Crippen molar-refractivity contribution in [2.24, 2.45) is 0 Å². The lowest BCUT2D eigenvalue weighted by Gasteiger charge is -2.02. The van der Waals surface area contributed by atoms with Crippen LogP contribution in [-0.4, -0.2) is 15.0 Å². The van der Waals surface area contributed by atoms with Crippen molar-refractivity contribution in [3.63, 3.8) is 0 Å². The van der Waals surface area contributed by atoms with Crippen molar-refractivity contribution in [1.82, 2.24) is 15.0 Å². The van der Waals surface area contributed by atoms with Crippen LogP contribution in [0.4, 0.5) is 0 Å². The van der Waals surface area contributed by atoms with Gasteiger partial charge in [-0.15, -0.1) is 0 Å². The summed E-state index contributed by atoms with van der Waals surface area (Å²) in [5, 5.41) is 0.411. The summed E-state index contributed by atoms with van der Waals surface area (Å²) in [6.45, 7) is 0. The molecule has 0 unspecified atom stereocenters. The summed E-state index contributed by atoms with van der Waals surface area (Å²) in [4.78, 5) is 12.5. The third-order valence-electron chi connectivity index (χ3n) is 2.53. The molecule has 0 aliphatic heterocycles. The minimum atomic E-state index is 0.411. The molecule has 0 N–H and O–H groups in total. The van der Waals surface area contributed by atoms with Crippen molar-refractivity contribution in [2.45, 2.75) is 0 Å². The molecule has 0 saturated carbocycles. The van der Waals surface area contributed by atoms with Gasteiger partial charge >= 0.3 is 0 Å². The number of rotatable bonds is 1. The minimum Gasteiger partial charge on any atom is -0.265 e. The van der Waals surface area contributed by atoms with Crippen LogP contribution in [0.25, 0.3) is 22.2 Å². The van der Waals surface area contributed by atoms with Crippen LogP contribution in [0.2, 0.25) is 5.15 Å². The molecule has 2 aromatic heterocycles. The molecule has 82 valence electrons. The molecule has 0 radical (unpaired) electrons. The van der Waals surface area contributed by atoms with Gasteiger partial charge in [0.1, 0.15) is 5.15 Å². The van der Waals surface area contributed by atoms with E-state index in [9.17, 15) is 0 Å². The van der Waals surface area contributed by atoms with Crippen molar-refractivity contribution in [2.75, 3.05) is 0 Å². The Morgan fingerprint density at radius 1 is 0.882 bits per heavy atom. The third-order valence-corrected chi connectivity index (χ3v) is 2.71. The molecule has 4 heteroatoms. The van der Waals surface area contributed by atoms with Gasteiger partial charge < -0.3 is 0 Å². The standard InChI is InChI=1S/C13H8ClN3/c14-13-8-16-12-7-10(1-2-11(12)17-13)9-3-5-15-6-4-9/h1-8H. The summed E-state index contributed by atoms with van der Waals surface area (Å²) in [7, 11) is 0. The van der Waals surface area contributed by atoms with Crippen LogP contribution in [0, 0.1) is 0 Å². The van der Waals surface area contributed by atoms with Crippen LogP contribution >= 0.6 is 11.6 Å². The normalized spacial score (nSPS) is 10.6. The molecular formula is C13H8ClN3. The summed E-state index contributed by atoms with van der Waals surface area (Å²) in [5.41, 5.74) is 3.84. The zero-order valence-corrected chi connectivity index (χ0v) is 9.59. The van der Waals surface area contributed by atoms with Crippen LogP contribution in [0.1, 0.15) is 0 Å². The minimum absolute atomic E-state index is 0.411. The van der Waals surface area contributed by atoms with E-state index in [1.807, 2.05) is 30.3 Å². The van der Waals surface area contributed by atoms with Crippen molar-refractivity contribution in [3.05, 3.63) is 54.1 Å². The van der Waals surface area contributed by atoms with E-state index in [0.29, 0.717) is 5.15 Å². The Labute approximate surface area is 103 Å². The van der Waals surface area contributed by atoms with E-state index in [0.717, 1.165) is 22.2 Å². The summed E-state index contributed by atoms with van der Waals surface area (Å²) < 4.78 is 0. The van der Waals surface area contributed by atoms with E-state index in [1.54, 1.807) is 18.6 Å². The zero-order valence-electron chi connectivity index (χ0n) is 8.84. The second-order valence-electron chi connectivity index (χ2n) is 3.63. The molecular weight excluding hydrogens is 234 g/mol. The van der Waals surface area contributed by atoms with Crippen molar-refractivity contribution in [3.8, 4) is 11.1 Å². The van der Waals surface area contributed by atoms with Crippen molar-refractivity contribution >= 4 is 22.6 Å². The number of aromatic nitrogens is 3. The molecule has 0 bridgehead atoms. The molecule has 0 amide bonds. The maximum Gasteiger partial charge on any atom is 0.148 e. The lowest BCUT2D eigenvalue weighted by Crippen LogP contribution is -1.85. The molecule has 0 aliphatic carbocycles. The first-order valence-corrected chi connectivity index (χ1v) is 5.53. The van der Waals surface area contributed by atoms with E-state index in [-0.39, 0.29) is 0 Å². The van der Waals surface area contributed by atoms with Gasteiger partial charge in [-0.1, -0.05) is 17.7 Å². The lowest BCUT2D eigenvalue weighted by atomic mass is 10.1. The van der Waals surface area contributed by atoms with Crippen LogP contribution in [-0.2, 0) is 0 Å². The molecule has 0 aliphatic rings. The molecule has 0 atom stereocenters. The summed E-state index contributed by atoms with van der Waals surface area (Å²) in [6.07, 6.45) is 5.10. The third kappa shape index (κ3) is 1.97. The molecule has 3 nitrogen and oxygen atoms in total. The number of pyridine rings is 1. The van der Waals surface area contributed by atoms with Gasteiger partial charge in [0.25, 0.3) is 0 Å². The van der Waals surface area contributed by atoms with Crippen molar-refractivity contribution in [1.29, 1.82) is 0 Å². The van der Waals surface area contributed by atoms with E-state index in [4.69, 9.17) is 11.6 Å². The molecule has 3 aromatic rings. The maximum absolute atomic E-state index is 5.79. The second-order valence-corrected chi connectivity index (χ2v) is 4.02. The number of nitrogens with zero attached hydrogens (tertiary/aromatic N) is 3. The molecule has 0 saturated heterocycles. The van der Waals surface area contributed by atoms with Gasteiger partial charge in [0.15, 0.2) is 0 Å². The number of hydrogen-bond acceptors (Lipinski definition) is 3. The van der Waals surface area contributed by atoms with E-state index >= 15 is 0 Å². The van der Waals surface area contributed by atoms with Crippen LogP contribution in [0.3, 0.4) is 0 Å². The van der Waals surface area contributed by atoms with Gasteiger partial charge in [-0.05, 0) is 35.4 Å². The second kappa shape index (κ2) is 4.11. The lowest BCUT2D eigenvalue weighted by molar-refractivity contribution is 1.29. The Morgan fingerprint density at radius 3 is 2.53 bits per heavy atom. The van der Waals surface area contributed by atoms with E-state index in [2.05, 4.69) is 15.0 Å². The average Bonchev–Trinajstić information content (AvgIpc) is 2.39. The highest BCUT2D eigenvalue weighted by atomic mass is 35.5. The quantitative estimate of drug-likeness (QED) is 0.656. The smallest absolute Gasteiger partial charge is 0.148 e. The topological polar surface area (TPSA) is 38.7 Å². The van der Waals surface area contributed by atoms with Crippen LogP contribution in [0.5, 0.6) is 0 Å². The number of fused-ring (bicyclic) bond motifs is 1.